The Morgan fingerprint density at radius 2 is 1.60 bits per heavy atom. The molecule has 5 rings (SSSR count). The number of nitrogens with one attached hydrogen (secondary N) is 1. The summed E-state index contributed by atoms with van der Waals surface area (Å²) in [5, 5.41) is 7.62. The van der Waals surface area contributed by atoms with Gasteiger partial charge in [0.1, 0.15) is 5.82 Å². The number of hydrogen-bond acceptors (Lipinski definition) is 7. The van der Waals surface area contributed by atoms with Crippen molar-refractivity contribution >= 4 is 5.95 Å². The molecule has 1 aliphatic carbocycles. The Balaban J connectivity index is 1.44. The number of methoxy groups -OCH3 is 1. The Labute approximate surface area is 173 Å². The Kier molecular flexibility index (Phi) is 4.39. The van der Waals surface area contributed by atoms with Gasteiger partial charge in [-0.15, -0.1) is 0 Å². The first-order chi connectivity index (χ1) is 14.7. The van der Waals surface area contributed by atoms with Gasteiger partial charge in [0, 0.05) is 35.8 Å². The number of pyridine rings is 1. The highest BCUT2D eigenvalue weighted by atomic mass is 16.5. The van der Waals surface area contributed by atoms with Crippen molar-refractivity contribution in [3.05, 3.63) is 66.4 Å². The second kappa shape index (κ2) is 7.22. The van der Waals surface area contributed by atoms with Gasteiger partial charge in [0.2, 0.25) is 11.8 Å². The van der Waals surface area contributed by atoms with Gasteiger partial charge in [0.15, 0.2) is 5.82 Å². The molecule has 4 aromatic rings. The van der Waals surface area contributed by atoms with E-state index in [4.69, 9.17) is 15.5 Å². The molecule has 0 radical (unpaired) electrons. The topological polar surface area (TPSA) is 115 Å². The molecule has 0 amide bonds. The molecule has 3 N–H and O–H groups in total. The molecule has 8 heteroatoms. The first kappa shape index (κ1) is 18.2. The first-order valence-electron chi connectivity index (χ1n) is 9.80. The van der Waals surface area contributed by atoms with E-state index < -0.39 is 0 Å². The lowest BCUT2D eigenvalue weighted by Gasteiger charge is -2.40. The minimum Gasteiger partial charge on any atom is -0.481 e. The van der Waals surface area contributed by atoms with E-state index in [9.17, 15) is 0 Å². The minimum atomic E-state index is -0.138. The van der Waals surface area contributed by atoms with Gasteiger partial charge in [-0.05, 0) is 30.0 Å². The van der Waals surface area contributed by atoms with Gasteiger partial charge in [-0.3, -0.25) is 5.10 Å². The predicted molar refractivity (Wildman–Crippen MR) is 113 cm³/mol. The average Bonchev–Trinajstić information content (AvgIpc) is 3.24. The number of nitrogen functional groups attached to an aromatic ring is 1. The maximum absolute atomic E-state index is 5.59. The number of H-pyrrole nitrogens is 1. The van der Waals surface area contributed by atoms with Crippen LogP contribution in [0.2, 0.25) is 0 Å². The van der Waals surface area contributed by atoms with Crippen molar-refractivity contribution in [3.63, 3.8) is 0 Å². The standard InChI is InChI=1S/C22H21N7O/c1-30-18-8-5-15(11-24-18)19-27-20(29-28-19)22(9-2-10-22)17-6-3-14(4-7-17)16-12-25-21(23)26-13-16/h3-8,11-13H,2,9-10H2,1H3,(H2,23,25,26)(H,27,28,29). The van der Waals surface area contributed by atoms with Gasteiger partial charge in [-0.2, -0.15) is 5.10 Å². The number of nitrogens with zero attached hydrogens (tertiary/aromatic N) is 5. The Morgan fingerprint density at radius 1 is 0.900 bits per heavy atom. The summed E-state index contributed by atoms with van der Waals surface area (Å²) in [6.45, 7) is 0. The monoisotopic (exact) mass is 399 g/mol. The Hall–Kier alpha value is -3.81. The van der Waals surface area contributed by atoms with E-state index in [1.54, 1.807) is 25.7 Å². The molecule has 0 atom stereocenters. The summed E-state index contributed by atoms with van der Waals surface area (Å²) in [7, 11) is 1.60. The van der Waals surface area contributed by atoms with E-state index in [-0.39, 0.29) is 11.4 Å². The van der Waals surface area contributed by atoms with Crippen LogP contribution < -0.4 is 10.5 Å². The lowest BCUT2D eigenvalue weighted by Crippen LogP contribution is -2.36. The molecular formula is C22H21N7O. The second-order valence-corrected chi connectivity index (χ2v) is 7.44. The first-order valence-corrected chi connectivity index (χ1v) is 9.80. The summed E-state index contributed by atoms with van der Waals surface area (Å²) in [6.07, 6.45) is 8.43. The van der Waals surface area contributed by atoms with Crippen molar-refractivity contribution in [2.24, 2.45) is 0 Å². The number of benzene rings is 1. The highest BCUT2D eigenvalue weighted by Crippen LogP contribution is 2.48. The van der Waals surface area contributed by atoms with Crippen LogP contribution in [0.3, 0.4) is 0 Å². The van der Waals surface area contributed by atoms with Crippen LogP contribution in [0.1, 0.15) is 30.7 Å². The molecule has 1 saturated carbocycles. The van der Waals surface area contributed by atoms with E-state index in [1.807, 2.05) is 12.1 Å². The number of anilines is 1. The molecule has 0 aliphatic heterocycles. The van der Waals surface area contributed by atoms with Crippen molar-refractivity contribution < 1.29 is 4.74 Å². The molecule has 8 nitrogen and oxygen atoms in total. The largest absolute Gasteiger partial charge is 0.481 e. The third-order valence-corrected chi connectivity index (χ3v) is 5.79. The molecule has 0 unspecified atom stereocenters. The number of hydrogen-bond donors (Lipinski definition) is 2. The average molecular weight is 399 g/mol. The zero-order valence-corrected chi connectivity index (χ0v) is 16.5. The second-order valence-electron chi connectivity index (χ2n) is 7.44. The number of ether oxygens (including phenoxy) is 1. The fourth-order valence-corrected chi connectivity index (χ4v) is 3.90. The van der Waals surface area contributed by atoms with Crippen molar-refractivity contribution in [1.82, 2.24) is 30.1 Å². The molecule has 1 aliphatic rings. The van der Waals surface area contributed by atoms with Crippen LogP contribution in [0, 0.1) is 0 Å². The Bertz CT molecular complexity index is 1150. The summed E-state index contributed by atoms with van der Waals surface area (Å²) in [4.78, 5) is 17.2. The van der Waals surface area contributed by atoms with Crippen LogP contribution in [0.15, 0.2) is 55.0 Å². The van der Waals surface area contributed by atoms with Crippen molar-refractivity contribution in [2.75, 3.05) is 12.8 Å². The maximum atomic E-state index is 5.59. The summed E-state index contributed by atoms with van der Waals surface area (Å²) in [6, 6.07) is 12.2. The number of nitrogens with two attached hydrogens (primary N) is 1. The van der Waals surface area contributed by atoms with Crippen LogP contribution in [0.5, 0.6) is 5.88 Å². The maximum Gasteiger partial charge on any atom is 0.219 e. The molecule has 1 aromatic carbocycles. The van der Waals surface area contributed by atoms with E-state index in [2.05, 4.69) is 49.4 Å². The van der Waals surface area contributed by atoms with Gasteiger partial charge < -0.3 is 10.5 Å². The van der Waals surface area contributed by atoms with Crippen LogP contribution in [0.25, 0.3) is 22.5 Å². The lowest BCUT2D eigenvalue weighted by molar-refractivity contribution is 0.286. The van der Waals surface area contributed by atoms with Crippen LogP contribution >= 0.6 is 0 Å². The normalized spacial score (nSPS) is 14.8. The lowest BCUT2D eigenvalue weighted by atomic mass is 9.64. The summed E-state index contributed by atoms with van der Waals surface area (Å²) >= 11 is 0. The molecule has 1 fully saturated rings. The third kappa shape index (κ3) is 3.06. The van der Waals surface area contributed by atoms with Gasteiger partial charge in [0.05, 0.1) is 12.5 Å². The van der Waals surface area contributed by atoms with Crippen molar-refractivity contribution in [1.29, 1.82) is 0 Å². The SMILES string of the molecule is COc1ccc(-c2n[nH]c(C3(c4ccc(-c5cnc(N)nc5)cc4)CCC3)n2)cn1. The molecule has 3 aromatic heterocycles. The fourth-order valence-electron chi connectivity index (χ4n) is 3.90. The third-order valence-electron chi connectivity index (χ3n) is 5.79. The van der Waals surface area contributed by atoms with Crippen molar-refractivity contribution in [2.45, 2.75) is 24.7 Å². The van der Waals surface area contributed by atoms with Gasteiger partial charge in [-0.25, -0.2) is 19.9 Å². The Morgan fingerprint density at radius 3 is 2.20 bits per heavy atom. The van der Waals surface area contributed by atoms with Crippen LogP contribution in [-0.4, -0.2) is 37.2 Å². The van der Waals surface area contributed by atoms with Crippen molar-refractivity contribution in [3.8, 4) is 28.4 Å². The fraction of sp³-hybridized carbons (Fsp3) is 0.227. The van der Waals surface area contributed by atoms with Gasteiger partial charge in [-0.1, -0.05) is 30.7 Å². The van der Waals surface area contributed by atoms with Crippen LogP contribution in [0.4, 0.5) is 5.95 Å². The molecule has 0 spiro atoms. The van der Waals surface area contributed by atoms with Crippen LogP contribution in [-0.2, 0) is 5.41 Å². The number of aromatic amines is 1. The quantitative estimate of drug-likeness (QED) is 0.528. The highest BCUT2D eigenvalue weighted by molar-refractivity contribution is 5.63. The zero-order chi connectivity index (χ0) is 20.6. The van der Waals surface area contributed by atoms with E-state index in [0.29, 0.717) is 11.7 Å². The molecule has 30 heavy (non-hydrogen) atoms. The molecule has 0 saturated heterocycles. The molecule has 150 valence electrons. The molecule has 3 heterocycles. The smallest absolute Gasteiger partial charge is 0.219 e. The summed E-state index contributed by atoms with van der Waals surface area (Å²) in [5.41, 5.74) is 9.52. The number of rotatable bonds is 5. The molecule has 0 bridgehead atoms. The van der Waals surface area contributed by atoms with E-state index in [1.165, 1.54) is 5.56 Å². The minimum absolute atomic E-state index is 0.138. The van der Waals surface area contributed by atoms with E-state index in [0.717, 1.165) is 41.8 Å². The number of aromatic nitrogens is 6. The highest BCUT2D eigenvalue weighted by Gasteiger charge is 2.43. The predicted octanol–water partition coefficient (Wildman–Crippen LogP) is 3.38. The van der Waals surface area contributed by atoms with Gasteiger partial charge >= 0.3 is 0 Å². The summed E-state index contributed by atoms with van der Waals surface area (Å²) in [5.74, 6) is 2.37. The van der Waals surface area contributed by atoms with Gasteiger partial charge in [0.25, 0.3) is 0 Å². The zero-order valence-electron chi connectivity index (χ0n) is 16.5. The summed E-state index contributed by atoms with van der Waals surface area (Å²) < 4.78 is 5.12. The van der Waals surface area contributed by atoms with E-state index >= 15 is 0 Å². The molecular weight excluding hydrogens is 378 g/mol.